The van der Waals surface area contributed by atoms with Gasteiger partial charge in [0.2, 0.25) is 5.91 Å². The molecule has 4 heteroatoms. The van der Waals surface area contributed by atoms with Crippen molar-refractivity contribution in [2.24, 2.45) is 13.0 Å². The zero-order valence-corrected chi connectivity index (χ0v) is 10.3. The van der Waals surface area contributed by atoms with Gasteiger partial charge in [0.15, 0.2) is 0 Å². The fourth-order valence-corrected chi connectivity index (χ4v) is 2.56. The van der Waals surface area contributed by atoms with Gasteiger partial charge in [-0.3, -0.25) is 9.48 Å². The summed E-state index contributed by atoms with van der Waals surface area (Å²) in [6, 6.07) is 5.96. The van der Waals surface area contributed by atoms with E-state index in [1.807, 2.05) is 47.1 Å². The number of carbonyl (C=O) groups excluding carboxylic acids is 1. The summed E-state index contributed by atoms with van der Waals surface area (Å²) in [6.45, 7) is 4.49. The molecular weight excluding hydrogens is 226 g/mol. The zero-order valence-electron chi connectivity index (χ0n) is 10.3. The molecule has 1 aromatic heterocycles. The van der Waals surface area contributed by atoms with Gasteiger partial charge in [-0.25, -0.2) is 0 Å². The standard InChI is InChI=1S/C14H15N3O/c1-3-10-7-13(18)17(9-10)12-6-4-5-11-8-15-16(2)14(11)12/h3-6,8,10H,1,7,9H2,2H3. The Bertz CT molecular complexity index is 629. The SMILES string of the molecule is C=CC1CC(=O)N(c2cccc3cnn(C)c23)C1. The summed E-state index contributed by atoms with van der Waals surface area (Å²) >= 11 is 0. The molecule has 1 aliphatic rings. The van der Waals surface area contributed by atoms with E-state index in [-0.39, 0.29) is 11.8 Å². The fraction of sp³-hybridized carbons (Fsp3) is 0.286. The van der Waals surface area contributed by atoms with E-state index in [1.165, 1.54) is 0 Å². The molecule has 1 fully saturated rings. The van der Waals surface area contributed by atoms with E-state index in [9.17, 15) is 4.79 Å². The highest BCUT2D eigenvalue weighted by molar-refractivity contribution is 6.03. The number of aryl methyl sites for hydroxylation is 1. The van der Waals surface area contributed by atoms with Crippen LogP contribution in [0.3, 0.4) is 0 Å². The molecule has 0 spiro atoms. The van der Waals surface area contributed by atoms with E-state index in [0.29, 0.717) is 13.0 Å². The summed E-state index contributed by atoms with van der Waals surface area (Å²) in [5.74, 6) is 0.412. The number of anilines is 1. The number of hydrogen-bond acceptors (Lipinski definition) is 2. The molecule has 92 valence electrons. The Hall–Kier alpha value is -2.10. The van der Waals surface area contributed by atoms with Crippen LogP contribution in [-0.4, -0.2) is 22.2 Å². The van der Waals surface area contributed by atoms with Gasteiger partial charge in [0.1, 0.15) is 0 Å². The van der Waals surface area contributed by atoms with Gasteiger partial charge in [0.05, 0.1) is 17.4 Å². The summed E-state index contributed by atoms with van der Waals surface area (Å²) in [5, 5.41) is 5.31. The summed E-state index contributed by atoms with van der Waals surface area (Å²) in [6.07, 6.45) is 4.24. The van der Waals surface area contributed by atoms with Crippen LogP contribution in [0.1, 0.15) is 6.42 Å². The Kier molecular flexibility index (Phi) is 2.44. The first-order valence-electron chi connectivity index (χ1n) is 6.04. The van der Waals surface area contributed by atoms with E-state index in [4.69, 9.17) is 0 Å². The maximum absolute atomic E-state index is 12.1. The van der Waals surface area contributed by atoms with E-state index >= 15 is 0 Å². The summed E-state index contributed by atoms with van der Waals surface area (Å²) in [4.78, 5) is 13.9. The van der Waals surface area contributed by atoms with Crippen molar-refractivity contribution < 1.29 is 4.79 Å². The predicted molar refractivity (Wildman–Crippen MR) is 71.4 cm³/mol. The van der Waals surface area contributed by atoms with Gasteiger partial charge in [0, 0.05) is 31.3 Å². The largest absolute Gasteiger partial charge is 0.310 e. The number of nitrogens with zero attached hydrogens (tertiary/aromatic N) is 3. The third-order valence-electron chi connectivity index (χ3n) is 3.52. The molecular formula is C14H15N3O. The van der Waals surface area contributed by atoms with Crippen molar-refractivity contribution in [1.82, 2.24) is 9.78 Å². The number of carbonyl (C=O) groups is 1. The van der Waals surface area contributed by atoms with Gasteiger partial charge in [-0.1, -0.05) is 18.2 Å². The minimum atomic E-state index is 0.161. The lowest BCUT2D eigenvalue weighted by Crippen LogP contribution is -2.25. The first-order chi connectivity index (χ1) is 8.70. The molecule has 1 aliphatic heterocycles. The van der Waals surface area contributed by atoms with Crippen LogP contribution in [-0.2, 0) is 11.8 Å². The molecule has 18 heavy (non-hydrogen) atoms. The molecule has 0 saturated carbocycles. The molecule has 1 aromatic carbocycles. The minimum Gasteiger partial charge on any atom is -0.310 e. The van der Waals surface area contributed by atoms with Crippen LogP contribution >= 0.6 is 0 Å². The summed E-state index contributed by atoms with van der Waals surface area (Å²) in [5.41, 5.74) is 1.96. The Balaban J connectivity index is 2.12. The number of aromatic nitrogens is 2. The van der Waals surface area contributed by atoms with Crippen molar-refractivity contribution in [3.05, 3.63) is 37.1 Å². The number of para-hydroxylation sites is 1. The molecule has 4 nitrogen and oxygen atoms in total. The van der Waals surface area contributed by atoms with Crippen molar-refractivity contribution in [2.75, 3.05) is 11.4 Å². The average Bonchev–Trinajstić information content (AvgIpc) is 2.93. The van der Waals surface area contributed by atoms with Crippen LogP contribution in [0.2, 0.25) is 0 Å². The highest BCUT2D eigenvalue weighted by Gasteiger charge is 2.30. The lowest BCUT2D eigenvalue weighted by molar-refractivity contribution is -0.117. The maximum atomic E-state index is 12.1. The topological polar surface area (TPSA) is 38.1 Å². The average molecular weight is 241 g/mol. The minimum absolute atomic E-state index is 0.161. The smallest absolute Gasteiger partial charge is 0.227 e. The summed E-state index contributed by atoms with van der Waals surface area (Å²) < 4.78 is 1.82. The molecule has 1 saturated heterocycles. The molecule has 0 aliphatic carbocycles. The third kappa shape index (κ3) is 1.53. The second kappa shape index (κ2) is 3.98. The van der Waals surface area contributed by atoms with Crippen LogP contribution in [0, 0.1) is 5.92 Å². The molecule has 2 aromatic rings. The van der Waals surface area contributed by atoms with Crippen LogP contribution in [0.15, 0.2) is 37.1 Å². The molecule has 0 bridgehead atoms. The van der Waals surface area contributed by atoms with Crippen molar-refractivity contribution >= 4 is 22.5 Å². The first kappa shape index (κ1) is 11.0. The van der Waals surface area contributed by atoms with Crippen molar-refractivity contribution in [1.29, 1.82) is 0 Å². The highest BCUT2D eigenvalue weighted by atomic mass is 16.2. The van der Waals surface area contributed by atoms with Gasteiger partial charge < -0.3 is 4.90 Å². The lowest BCUT2D eigenvalue weighted by atomic mass is 10.1. The molecule has 1 unspecified atom stereocenters. The number of hydrogen-bond donors (Lipinski definition) is 0. The van der Waals surface area contributed by atoms with Gasteiger partial charge >= 0.3 is 0 Å². The van der Waals surface area contributed by atoms with E-state index in [0.717, 1.165) is 16.6 Å². The van der Waals surface area contributed by atoms with E-state index < -0.39 is 0 Å². The number of rotatable bonds is 2. The second-order valence-electron chi connectivity index (χ2n) is 4.69. The zero-order chi connectivity index (χ0) is 12.7. The van der Waals surface area contributed by atoms with Crippen molar-refractivity contribution in [3.8, 4) is 0 Å². The lowest BCUT2D eigenvalue weighted by Gasteiger charge is -2.17. The van der Waals surface area contributed by atoms with Crippen molar-refractivity contribution in [2.45, 2.75) is 6.42 Å². The monoisotopic (exact) mass is 241 g/mol. The van der Waals surface area contributed by atoms with Gasteiger partial charge in [0.25, 0.3) is 0 Å². The van der Waals surface area contributed by atoms with Crippen LogP contribution in [0.25, 0.3) is 10.9 Å². The fourth-order valence-electron chi connectivity index (χ4n) is 2.56. The van der Waals surface area contributed by atoms with E-state index in [1.54, 1.807) is 0 Å². The number of amides is 1. The Labute approximate surface area is 106 Å². The molecule has 0 N–H and O–H groups in total. The maximum Gasteiger partial charge on any atom is 0.227 e. The first-order valence-corrected chi connectivity index (χ1v) is 6.04. The number of fused-ring (bicyclic) bond motifs is 1. The molecule has 1 amide bonds. The van der Waals surface area contributed by atoms with Gasteiger partial charge in [-0.05, 0) is 6.07 Å². The van der Waals surface area contributed by atoms with Gasteiger partial charge in [-0.15, -0.1) is 6.58 Å². The van der Waals surface area contributed by atoms with Crippen LogP contribution in [0.4, 0.5) is 5.69 Å². The number of benzene rings is 1. The quantitative estimate of drug-likeness (QED) is 0.755. The Morgan fingerprint density at radius 3 is 3.06 bits per heavy atom. The molecule has 3 rings (SSSR count). The Morgan fingerprint density at radius 1 is 1.50 bits per heavy atom. The van der Waals surface area contributed by atoms with Gasteiger partial charge in [-0.2, -0.15) is 5.10 Å². The predicted octanol–water partition coefficient (Wildman–Crippen LogP) is 2.11. The molecule has 0 radical (unpaired) electrons. The molecule has 2 heterocycles. The summed E-state index contributed by atoms with van der Waals surface area (Å²) in [7, 11) is 1.90. The van der Waals surface area contributed by atoms with Crippen LogP contribution < -0.4 is 4.90 Å². The third-order valence-corrected chi connectivity index (χ3v) is 3.52. The van der Waals surface area contributed by atoms with E-state index in [2.05, 4.69) is 11.7 Å². The van der Waals surface area contributed by atoms with Crippen molar-refractivity contribution in [3.63, 3.8) is 0 Å². The normalized spacial score (nSPS) is 19.7. The molecule has 1 atom stereocenters. The van der Waals surface area contributed by atoms with Crippen LogP contribution in [0.5, 0.6) is 0 Å². The highest BCUT2D eigenvalue weighted by Crippen LogP contribution is 2.31. The second-order valence-corrected chi connectivity index (χ2v) is 4.69. The Morgan fingerprint density at radius 2 is 2.33 bits per heavy atom.